The van der Waals surface area contributed by atoms with Gasteiger partial charge in [-0.3, -0.25) is 14.0 Å². The first-order valence-corrected chi connectivity index (χ1v) is 7.97. The molecule has 0 saturated carbocycles. The average molecular weight is 327 g/mol. The molecule has 2 aromatic heterocycles. The Kier molecular flexibility index (Phi) is 3.84. The summed E-state index contributed by atoms with van der Waals surface area (Å²) in [6.07, 6.45) is 0. The number of carboxylic acid groups (broad SMARTS) is 1. The largest absolute Gasteiger partial charge is 0.480 e. The number of aliphatic carboxylic acids is 1. The SMILES string of the molecule is C[C@@H](SCc1cc(=O)n2c([nH]c3ccccc32)c1C#N)C(=O)O. The number of carbonyl (C=O) groups is 1. The van der Waals surface area contributed by atoms with E-state index < -0.39 is 11.2 Å². The number of imidazole rings is 1. The van der Waals surface area contributed by atoms with E-state index >= 15 is 0 Å². The molecule has 7 heteroatoms. The van der Waals surface area contributed by atoms with Crippen LogP contribution >= 0.6 is 11.8 Å². The number of H-pyrrole nitrogens is 1. The van der Waals surface area contributed by atoms with Crippen molar-refractivity contribution in [2.24, 2.45) is 0 Å². The van der Waals surface area contributed by atoms with E-state index in [2.05, 4.69) is 11.1 Å². The van der Waals surface area contributed by atoms with Gasteiger partial charge in [-0.2, -0.15) is 5.26 Å². The van der Waals surface area contributed by atoms with Gasteiger partial charge in [0.15, 0.2) is 0 Å². The van der Waals surface area contributed by atoms with Crippen LogP contribution in [0.15, 0.2) is 35.1 Å². The van der Waals surface area contributed by atoms with Gasteiger partial charge in [0.05, 0.1) is 21.8 Å². The minimum Gasteiger partial charge on any atom is -0.480 e. The number of fused-ring (bicyclic) bond motifs is 3. The third-order valence-corrected chi connectivity index (χ3v) is 4.83. The summed E-state index contributed by atoms with van der Waals surface area (Å²) in [5.74, 6) is -0.630. The first-order valence-electron chi connectivity index (χ1n) is 6.92. The Morgan fingerprint density at radius 2 is 2.22 bits per heavy atom. The van der Waals surface area contributed by atoms with Crippen molar-refractivity contribution in [1.29, 1.82) is 5.26 Å². The second-order valence-electron chi connectivity index (χ2n) is 5.11. The summed E-state index contributed by atoms with van der Waals surface area (Å²) in [7, 11) is 0. The molecule has 116 valence electrons. The zero-order valence-electron chi connectivity index (χ0n) is 12.2. The quantitative estimate of drug-likeness (QED) is 0.766. The fraction of sp³-hybridized carbons (Fsp3) is 0.188. The number of benzene rings is 1. The van der Waals surface area contributed by atoms with E-state index in [1.807, 2.05) is 24.3 Å². The molecule has 0 saturated heterocycles. The number of rotatable bonds is 4. The van der Waals surface area contributed by atoms with E-state index in [0.29, 0.717) is 22.3 Å². The lowest BCUT2D eigenvalue weighted by molar-refractivity contribution is -0.136. The highest BCUT2D eigenvalue weighted by atomic mass is 32.2. The second-order valence-corrected chi connectivity index (χ2v) is 6.44. The molecular weight excluding hydrogens is 314 g/mol. The zero-order chi connectivity index (χ0) is 16.6. The fourth-order valence-electron chi connectivity index (χ4n) is 2.44. The van der Waals surface area contributed by atoms with Crippen molar-refractivity contribution in [1.82, 2.24) is 9.38 Å². The number of hydrogen-bond acceptors (Lipinski definition) is 4. The van der Waals surface area contributed by atoms with E-state index in [1.165, 1.54) is 22.2 Å². The maximum Gasteiger partial charge on any atom is 0.316 e. The van der Waals surface area contributed by atoms with E-state index in [4.69, 9.17) is 5.11 Å². The number of nitrogens with zero attached hydrogens (tertiary/aromatic N) is 2. The Morgan fingerprint density at radius 1 is 1.48 bits per heavy atom. The van der Waals surface area contributed by atoms with E-state index in [1.54, 1.807) is 6.92 Å². The predicted molar refractivity (Wildman–Crippen MR) is 88.6 cm³/mol. The van der Waals surface area contributed by atoms with Crippen molar-refractivity contribution in [3.8, 4) is 6.07 Å². The van der Waals surface area contributed by atoms with Crippen LogP contribution in [-0.2, 0) is 10.5 Å². The molecule has 0 unspecified atom stereocenters. The molecule has 0 bridgehead atoms. The molecule has 0 aliphatic carbocycles. The lowest BCUT2D eigenvalue weighted by atomic mass is 10.1. The minimum absolute atomic E-state index is 0.241. The van der Waals surface area contributed by atoms with Crippen molar-refractivity contribution >= 4 is 34.4 Å². The lowest BCUT2D eigenvalue weighted by Gasteiger charge is -2.08. The maximum absolute atomic E-state index is 12.4. The number of pyridine rings is 1. The topological polar surface area (TPSA) is 98.4 Å². The molecule has 0 spiro atoms. The number of aromatic amines is 1. The smallest absolute Gasteiger partial charge is 0.316 e. The van der Waals surface area contributed by atoms with Gasteiger partial charge < -0.3 is 10.1 Å². The summed E-state index contributed by atoms with van der Waals surface area (Å²) in [5, 5.41) is 17.8. The number of nitriles is 1. The van der Waals surface area contributed by atoms with Gasteiger partial charge in [0.25, 0.3) is 5.56 Å². The monoisotopic (exact) mass is 327 g/mol. The Bertz CT molecular complexity index is 1010. The summed E-state index contributed by atoms with van der Waals surface area (Å²) >= 11 is 1.18. The summed E-state index contributed by atoms with van der Waals surface area (Å²) in [4.78, 5) is 26.4. The standard InChI is InChI=1S/C16H13N3O3S/c1-9(16(21)22)23-8-10-6-14(20)19-13-5-3-2-4-12(13)18-15(19)11(10)7-17/h2-6,9,18H,8H2,1H3,(H,21,22)/t9-/m1/s1. The number of para-hydroxylation sites is 2. The maximum atomic E-state index is 12.4. The van der Waals surface area contributed by atoms with Crippen LogP contribution in [0.5, 0.6) is 0 Å². The Morgan fingerprint density at radius 3 is 2.91 bits per heavy atom. The van der Waals surface area contributed by atoms with Gasteiger partial charge in [0, 0.05) is 11.8 Å². The van der Waals surface area contributed by atoms with Crippen molar-refractivity contribution in [3.05, 3.63) is 51.8 Å². The highest BCUT2D eigenvalue weighted by Crippen LogP contribution is 2.24. The third kappa shape index (κ3) is 2.58. The Hall–Kier alpha value is -2.72. The number of nitrogens with one attached hydrogen (secondary N) is 1. The van der Waals surface area contributed by atoms with E-state index in [9.17, 15) is 14.9 Å². The summed E-state index contributed by atoms with van der Waals surface area (Å²) in [6.45, 7) is 1.58. The van der Waals surface area contributed by atoms with E-state index in [-0.39, 0.29) is 11.3 Å². The molecular formula is C16H13N3O3S. The molecule has 6 nitrogen and oxygen atoms in total. The molecule has 1 aromatic carbocycles. The molecule has 2 N–H and O–H groups in total. The third-order valence-electron chi connectivity index (χ3n) is 3.65. The molecule has 1 atom stereocenters. The van der Waals surface area contributed by atoms with Gasteiger partial charge in [-0.25, -0.2) is 0 Å². The van der Waals surface area contributed by atoms with Crippen LogP contribution in [0, 0.1) is 11.3 Å². The van der Waals surface area contributed by atoms with Gasteiger partial charge in [-0.1, -0.05) is 12.1 Å². The number of carboxylic acids is 1. The van der Waals surface area contributed by atoms with Gasteiger partial charge in [-0.05, 0) is 24.6 Å². The molecule has 3 aromatic rings. The lowest BCUT2D eigenvalue weighted by Crippen LogP contribution is -2.16. The van der Waals surface area contributed by atoms with Crippen LogP contribution in [-0.4, -0.2) is 25.7 Å². The van der Waals surface area contributed by atoms with E-state index in [0.717, 1.165) is 5.52 Å². The van der Waals surface area contributed by atoms with Crippen LogP contribution in [0.2, 0.25) is 0 Å². The van der Waals surface area contributed by atoms with Crippen LogP contribution in [0.1, 0.15) is 18.1 Å². The molecule has 0 radical (unpaired) electrons. The summed E-state index contributed by atoms with van der Waals surface area (Å²) in [6, 6.07) is 10.9. The van der Waals surface area contributed by atoms with Crippen LogP contribution in [0.25, 0.3) is 16.7 Å². The number of hydrogen-bond donors (Lipinski definition) is 2. The fourth-order valence-corrected chi connectivity index (χ4v) is 3.24. The normalized spacial score (nSPS) is 12.3. The van der Waals surface area contributed by atoms with Gasteiger partial charge in [-0.15, -0.1) is 11.8 Å². The van der Waals surface area contributed by atoms with Crippen molar-refractivity contribution in [2.75, 3.05) is 0 Å². The summed E-state index contributed by atoms with van der Waals surface area (Å²) < 4.78 is 1.47. The molecule has 2 heterocycles. The molecule has 0 amide bonds. The van der Waals surface area contributed by atoms with Gasteiger partial charge in [0.2, 0.25) is 0 Å². The summed E-state index contributed by atoms with van der Waals surface area (Å²) in [5.41, 5.74) is 2.59. The first-order chi connectivity index (χ1) is 11.0. The molecule has 23 heavy (non-hydrogen) atoms. The highest BCUT2D eigenvalue weighted by molar-refractivity contribution is 7.99. The predicted octanol–water partition coefficient (Wildman–Crippen LogP) is 2.36. The van der Waals surface area contributed by atoms with Crippen LogP contribution < -0.4 is 5.56 Å². The zero-order valence-corrected chi connectivity index (χ0v) is 13.1. The average Bonchev–Trinajstić information content (AvgIpc) is 2.92. The van der Waals surface area contributed by atoms with Crippen molar-refractivity contribution < 1.29 is 9.90 Å². The minimum atomic E-state index is -0.920. The molecule has 3 rings (SSSR count). The van der Waals surface area contributed by atoms with Crippen LogP contribution in [0.3, 0.4) is 0 Å². The first kappa shape index (κ1) is 15.2. The highest BCUT2D eigenvalue weighted by Gasteiger charge is 2.17. The second kappa shape index (κ2) is 5.82. The molecule has 0 fully saturated rings. The van der Waals surface area contributed by atoms with Crippen LogP contribution in [0.4, 0.5) is 0 Å². The van der Waals surface area contributed by atoms with Crippen molar-refractivity contribution in [2.45, 2.75) is 17.9 Å². The Balaban J connectivity index is 2.17. The molecule has 0 aliphatic rings. The Labute approximate surface area is 135 Å². The number of aromatic nitrogens is 2. The molecule has 0 aliphatic heterocycles. The van der Waals surface area contributed by atoms with Gasteiger partial charge in [0.1, 0.15) is 11.7 Å². The van der Waals surface area contributed by atoms with Gasteiger partial charge >= 0.3 is 5.97 Å². The van der Waals surface area contributed by atoms with Crippen molar-refractivity contribution in [3.63, 3.8) is 0 Å². The number of thioether (sulfide) groups is 1.